The van der Waals surface area contributed by atoms with Crippen LogP contribution in [0.1, 0.15) is 49.6 Å². The highest BCUT2D eigenvalue weighted by atomic mass is 16.4. The summed E-state index contributed by atoms with van der Waals surface area (Å²) >= 11 is 0. The Balaban J connectivity index is 2.08. The van der Waals surface area contributed by atoms with Crippen LogP contribution in [0.15, 0.2) is 0 Å². The summed E-state index contributed by atoms with van der Waals surface area (Å²) in [6.45, 7) is 3.57. The van der Waals surface area contributed by atoms with Crippen molar-refractivity contribution >= 4 is 11.9 Å². The smallest absolute Gasteiger partial charge is 0.311 e. The maximum absolute atomic E-state index is 12.0. The second-order valence-electron chi connectivity index (χ2n) is 5.10. The van der Waals surface area contributed by atoms with Gasteiger partial charge in [-0.1, -0.05) is 13.3 Å². The van der Waals surface area contributed by atoms with Gasteiger partial charge in [-0.3, -0.25) is 14.7 Å². The highest BCUT2D eigenvalue weighted by Crippen LogP contribution is 2.38. The van der Waals surface area contributed by atoms with E-state index < -0.39 is 17.3 Å². The Morgan fingerprint density at radius 3 is 2.89 bits per heavy atom. The monoisotopic (exact) mass is 266 g/mol. The van der Waals surface area contributed by atoms with Crippen molar-refractivity contribution in [1.29, 1.82) is 0 Å². The predicted molar refractivity (Wildman–Crippen MR) is 66.6 cm³/mol. The third-order valence-corrected chi connectivity index (χ3v) is 3.82. The fourth-order valence-electron chi connectivity index (χ4n) is 2.43. The van der Waals surface area contributed by atoms with E-state index in [-0.39, 0.29) is 11.9 Å². The molecule has 0 bridgehead atoms. The van der Waals surface area contributed by atoms with Crippen LogP contribution >= 0.6 is 0 Å². The largest absolute Gasteiger partial charge is 0.481 e. The molecule has 104 valence electrons. The molecule has 0 aromatic carbocycles. The molecule has 3 N–H and O–H groups in total. The molecule has 0 radical (unpaired) electrons. The van der Waals surface area contributed by atoms with Crippen molar-refractivity contribution in [2.75, 3.05) is 0 Å². The van der Waals surface area contributed by atoms with E-state index >= 15 is 0 Å². The molecule has 1 aromatic heterocycles. The van der Waals surface area contributed by atoms with E-state index in [2.05, 4.69) is 20.5 Å². The SMILES string of the molecule is CCc1nc(C(=O)NC2CCCC2(C)C(=O)O)n[nH]1. The summed E-state index contributed by atoms with van der Waals surface area (Å²) in [6, 6.07) is -0.374. The summed E-state index contributed by atoms with van der Waals surface area (Å²) in [5, 5.41) is 18.5. The zero-order valence-electron chi connectivity index (χ0n) is 11.1. The van der Waals surface area contributed by atoms with E-state index in [0.717, 1.165) is 6.42 Å². The van der Waals surface area contributed by atoms with Gasteiger partial charge in [0.2, 0.25) is 5.82 Å². The molecule has 1 aliphatic carbocycles. The van der Waals surface area contributed by atoms with Crippen LogP contribution in [0.4, 0.5) is 0 Å². The number of aromatic nitrogens is 3. The van der Waals surface area contributed by atoms with Crippen molar-refractivity contribution in [3.63, 3.8) is 0 Å². The molecule has 7 heteroatoms. The maximum Gasteiger partial charge on any atom is 0.311 e. The van der Waals surface area contributed by atoms with Gasteiger partial charge in [0.15, 0.2) is 0 Å². The third-order valence-electron chi connectivity index (χ3n) is 3.82. The Labute approximate surface area is 110 Å². The lowest BCUT2D eigenvalue weighted by atomic mass is 9.85. The van der Waals surface area contributed by atoms with E-state index in [1.54, 1.807) is 6.92 Å². The predicted octanol–water partition coefficient (Wildman–Crippen LogP) is 0.740. The molecule has 1 heterocycles. The number of carbonyl (C=O) groups is 2. The molecule has 2 unspecified atom stereocenters. The van der Waals surface area contributed by atoms with Gasteiger partial charge >= 0.3 is 5.97 Å². The van der Waals surface area contributed by atoms with E-state index in [9.17, 15) is 14.7 Å². The van der Waals surface area contributed by atoms with Crippen LogP contribution < -0.4 is 5.32 Å². The number of carboxylic acid groups (broad SMARTS) is 1. The Morgan fingerprint density at radius 2 is 2.32 bits per heavy atom. The number of aromatic amines is 1. The van der Waals surface area contributed by atoms with Gasteiger partial charge in [0.05, 0.1) is 5.41 Å². The minimum Gasteiger partial charge on any atom is -0.481 e. The average molecular weight is 266 g/mol. The molecule has 19 heavy (non-hydrogen) atoms. The number of nitrogens with zero attached hydrogens (tertiary/aromatic N) is 2. The zero-order chi connectivity index (χ0) is 14.0. The van der Waals surface area contributed by atoms with E-state index in [1.807, 2.05) is 6.92 Å². The molecular formula is C12H18N4O3. The Morgan fingerprint density at radius 1 is 1.58 bits per heavy atom. The molecule has 1 amide bonds. The second kappa shape index (κ2) is 4.99. The number of aryl methyl sites for hydroxylation is 1. The molecule has 1 aromatic rings. The summed E-state index contributed by atoms with van der Waals surface area (Å²) in [4.78, 5) is 27.3. The zero-order valence-corrected chi connectivity index (χ0v) is 11.1. The summed E-state index contributed by atoms with van der Waals surface area (Å²) in [5.74, 6) is -0.594. The van der Waals surface area contributed by atoms with Gasteiger partial charge in [0.1, 0.15) is 5.82 Å². The molecule has 2 atom stereocenters. The fraction of sp³-hybridized carbons (Fsp3) is 0.667. The quantitative estimate of drug-likeness (QED) is 0.745. The number of rotatable bonds is 4. The van der Waals surface area contributed by atoms with Crippen LogP contribution in [0.2, 0.25) is 0 Å². The van der Waals surface area contributed by atoms with Crippen LogP contribution in [0, 0.1) is 5.41 Å². The lowest BCUT2D eigenvalue weighted by Crippen LogP contribution is -2.47. The van der Waals surface area contributed by atoms with Gasteiger partial charge in [-0.2, -0.15) is 0 Å². The average Bonchev–Trinajstić information content (AvgIpc) is 2.97. The number of hydrogen-bond donors (Lipinski definition) is 3. The number of H-pyrrole nitrogens is 1. The number of carbonyl (C=O) groups excluding carboxylic acids is 1. The van der Waals surface area contributed by atoms with Gasteiger partial charge < -0.3 is 10.4 Å². The standard InChI is InChI=1S/C12H18N4O3/c1-3-8-14-9(16-15-8)10(17)13-7-5-4-6-12(7,2)11(18)19/h7H,3-6H2,1-2H3,(H,13,17)(H,18,19)(H,14,15,16). The van der Waals surface area contributed by atoms with Gasteiger partial charge in [0.25, 0.3) is 5.91 Å². The molecule has 1 fully saturated rings. The topological polar surface area (TPSA) is 108 Å². The minimum atomic E-state index is -0.903. The summed E-state index contributed by atoms with van der Waals surface area (Å²) < 4.78 is 0. The van der Waals surface area contributed by atoms with E-state index in [4.69, 9.17) is 0 Å². The first-order valence-corrected chi connectivity index (χ1v) is 6.43. The summed E-state index contributed by atoms with van der Waals surface area (Å²) in [5.41, 5.74) is -0.903. The van der Waals surface area contributed by atoms with Crippen LogP contribution in [0.3, 0.4) is 0 Å². The van der Waals surface area contributed by atoms with Crippen molar-refractivity contribution in [1.82, 2.24) is 20.5 Å². The van der Waals surface area contributed by atoms with Crippen molar-refractivity contribution < 1.29 is 14.7 Å². The van der Waals surface area contributed by atoms with Gasteiger partial charge in [-0.25, -0.2) is 4.98 Å². The normalized spacial score (nSPS) is 26.3. The number of amides is 1. The third kappa shape index (κ3) is 2.45. The number of aliphatic carboxylic acids is 1. The fourth-order valence-corrected chi connectivity index (χ4v) is 2.43. The lowest BCUT2D eigenvalue weighted by molar-refractivity contribution is -0.148. The van der Waals surface area contributed by atoms with Crippen LogP contribution in [0.25, 0.3) is 0 Å². The van der Waals surface area contributed by atoms with Gasteiger partial charge in [-0.05, 0) is 19.8 Å². The molecule has 2 rings (SSSR count). The molecular weight excluding hydrogens is 248 g/mol. The molecule has 1 aliphatic rings. The van der Waals surface area contributed by atoms with Crippen molar-refractivity contribution in [3.8, 4) is 0 Å². The first-order chi connectivity index (χ1) is 8.97. The minimum absolute atomic E-state index is 0.0662. The summed E-state index contributed by atoms with van der Waals surface area (Å²) in [7, 11) is 0. The highest BCUT2D eigenvalue weighted by Gasteiger charge is 2.46. The van der Waals surface area contributed by atoms with Gasteiger partial charge in [0, 0.05) is 12.5 Å². The number of nitrogens with one attached hydrogen (secondary N) is 2. The van der Waals surface area contributed by atoms with E-state index in [1.165, 1.54) is 0 Å². The Hall–Kier alpha value is -1.92. The molecule has 0 aliphatic heterocycles. The number of hydrogen-bond acceptors (Lipinski definition) is 4. The van der Waals surface area contributed by atoms with Crippen LogP contribution in [-0.2, 0) is 11.2 Å². The molecule has 0 spiro atoms. The van der Waals surface area contributed by atoms with Crippen molar-refractivity contribution in [2.24, 2.45) is 5.41 Å². The maximum atomic E-state index is 12.0. The first kappa shape index (κ1) is 13.5. The number of carboxylic acids is 1. The van der Waals surface area contributed by atoms with Crippen LogP contribution in [0.5, 0.6) is 0 Å². The Kier molecular flexibility index (Phi) is 3.55. The summed E-state index contributed by atoms with van der Waals surface area (Å²) in [6.07, 6.45) is 2.69. The lowest BCUT2D eigenvalue weighted by Gasteiger charge is -2.27. The van der Waals surface area contributed by atoms with E-state index in [0.29, 0.717) is 25.1 Å². The molecule has 0 saturated heterocycles. The Bertz CT molecular complexity index is 499. The first-order valence-electron chi connectivity index (χ1n) is 6.43. The van der Waals surface area contributed by atoms with Gasteiger partial charge in [-0.15, -0.1) is 5.10 Å². The van der Waals surface area contributed by atoms with Crippen molar-refractivity contribution in [2.45, 2.75) is 45.6 Å². The van der Waals surface area contributed by atoms with Crippen molar-refractivity contribution in [3.05, 3.63) is 11.6 Å². The highest BCUT2D eigenvalue weighted by molar-refractivity contribution is 5.91. The second-order valence-corrected chi connectivity index (χ2v) is 5.10. The molecule has 7 nitrogen and oxygen atoms in total. The molecule has 1 saturated carbocycles. The van der Waals surface area contributed by atoms with Crippen LogP contribution in [-0.4, -0.2) is 38.2 Å².